The van der Waals surface area contributed by atoms with Crippen molar-refractivity contribution in [1.82, 2.24) is 0 Å². The van der Waals surface area contributed by atoms with Crippen LogP contribution in [0.4, 0.5) is 17.1 Å². The molecule has 0 aliphatic rings. The Morgan fingerprint density at radius 2 is 0.978 bits per heavy atom. The van der Waals surface area contributed by atoms with Gasteiger partial charge in [0.05, 0.1) is 5.69 Å². The van der Waals surface area contributed by atoms with E-state index in [0.29, 0.717) is 0 Å². The molecule has 0 aliphatic carbocycles. The van der Waals surface area contributed by atoms with Crippen LogP contribution in [0.3, 0.4) is 0 Å². The average Bonchev–Trinajstić information content (AvgIpc) is 3.49. The number of para-hydroxylation sites is 3. The lowest BCUT2D eigenvalue weighted by atomic mass is 9.97. The third kappa shape index (κ3) is 4.35. The lowest BCUT2D eigenvalue weighted by Gasteiger charge is -2.28. The van der Waals surface area contributed by atoms with E-state index in [4.69, 9.17) is 4.42 Å². The molecule has 2 nitrogen and oxygen atoms in total. The minimum atomic E-state index is 0.901. The van der Waals surface area contributed by atoms with E-state index in [0.717, 1.165) is 50.1 Å². The van der Waals surface area contributed by atoms with E-state index in [1.54, 1.807) is 0 Å². The summed E-state index contributed by atoms with van der Waals surface area (Å²) in [6.07, 6.45) is 0. The Balaban J connectivity index is 1.26. The van der Waals surface area contributed by atoms with Gasteiger partial charge >= 0.3 is 0 Å². The molecule has 0 saturated carbocycles. The van der Waals surface area contributed by atoms with E-state index in [2.05, 4.69) is 181 Å². The number of nitrogens with zero attached hydrogens (tertiary/aromatic N) is 1. The quantitative estimate of drug-likeness (QED) is 0.199. The van der Waals surface area contributed by atoms with Crippen molar-refractivity contribution < 1.29 is 4.42 Å². The van der Waals surface area contributed by atoms with Gasteiger partial charge in [-0.2, -0.15) is 0 Å². The number of anilines is 3. The maximum atomic E-state index is 6.69. The zero-order valence-electron chi connectivity index (χ0n) is 25.1. The van der Waals surface area contributed by atoms with Gasteiger partial charge in [-0.3, -0.25) is 0 Å². The molecule has 0 aliphatic heterocycles. The molecular formula is C44H29NO. The molecule has 2 heteroatoms. The standard InChI is InChI=1S/C44H29NO/c1-2-18-34(19-3-1)45(35-20-10-17-33(27-35)37-23-11-16-30-13-6-7-21-36(30)37)42-26-9-8-22-38(42)39-24-12-25-40-41-28-31-14-4-5-15-32(31)29-43(41)46-44(39)40/h1-29H. The SMILES string of the molecule is c1ccc(N(c2cccc(-c3cccc4ccccc34)c2)c2ccccc2-c2cccc3c2oc2cc4ccccc4cc23)cc1. The Hall–Kier alpha value is -6.12. The Bertz CT molecular complexity index is 2540. The smallest absolute Gasteiger partial charge is 0.143 e. The summed E-state index contributed by atoms with van der Waals surface area (Å²) in [5.74, 6) is 0. The summed E-state index contributed by atoms with van der Waals surface area (Å²) >= 11 is 0. The van der Waals surface area contributed by atoms with Crippen LogP contribution in [0.1, 0.15) is 0 Å². The topological polar surface area (TPSA) is 16.4 Å². The van der Waals surface area contributed by atoms with E-state index >= 15 is 0 Å². The Morgan fingerprint density at radius 3 is 1.87 bits per heavy atom. The van der Waals surface area contributed by atoms with Crippen LogP contribution in [-0.2, 0) is 0 Å². The van der Waals surface area contributed by atoms with Crippen LogP contribution >= 0.6 is 0 Å². The monoisotopic (exact) mass is 587 g/mol. The second-order valence-corrected chi connectivity index (χ2v) is 11.7. The van der Waals surface area contributed by atoms with Gasteiger partial charge in [-0.25, -0.2) is 0 Å². The lowest BCUT2D eigenvalue weighted by molar-refractivity contribution is 0.670. The summed E-state index contributed by atoms with van der Waals surface area (Å²) in [5.41, 5.74) is 9.65. The third-order valence-electron chi connectivity index (χ3n) is 9.02. The summed E-state index contributed by atoms with van der Waals surface area (Å²) in [4.78, 5) is 2.36. The number of fused-ring (bicyclic) bond motifs is 5. The highest BCUT2D eigenvalue weighted by atomic mass is 16.3. The largest absolute Gasteiger partial charge is 0.455 e. The molecule has 0 radical (unpaired) electrons. The van der Waals surface area contributed by atoms with Crippen molar-refractivity contribution in [3.63, 3.8) is 0 Å². The fourth-order valence-corrected chi connectivity index (χ4v) is 6.89. The molecule has 8 aromatic carbocycles. The highest BCUT2D eigenvalue weighted by molar-refractivity contribution is 6.14. The zero-order valence-corrected chi connectivity index (χ0v) is 25.1. The van der Waals surface area contributed by atoms with E-state index in [9.17, 15) is 0 Å². The number of hydrogen-bond donors (Lipinski definition) is 0. The van der Waals surface area contributed by atoms with Crippen LogP contribution in [0.2, 0.25) is 0 Å². The number of benzene rings is 8. The van der Waals surface area contributed by atoms with E-state index in [1.165, 1.54) is 32.7 Å². The van der Waals surface area contributed by atoms with Gasteiger partial charge < -0.3 is 9.32 Å². The third-order valence-corrected chi connectivity index (χ3v) is 9.02. The van der Waals surface area contributed by atoms with Crippen LogP contribution in [-0.4, -0.2) is 0 Å². The average molecular weight is 588 g/mol. The van der Waals surface area contributed by atoms with Gasteiger partial charge in [0, 0.05) is 33.3 Å². The summed E-state index contributed by atoms with van der Waals surface area (Å²) in [7, 11) is 0. The van der Waals surface area contributed by atoms with Crippen LogP contribution in [0, 0.1) is 0 Å². The summed E-state index contributed by atoms with van der Waals surface area (Å²) in [6.45, 7) is 0. The minimum Gasteiger partial charge on any atom is -0.455 e. The van der Waals surface area contributed by atoms with Gasteiger partial charge in [0.15, 0.2) is 0 Å². The van der Waals surface area contributed by atoms with Crippen LogP contribution in [0.25, 0.3) is 65.7 Å². The summed E-state index contributed by atoms with van der Waals surface area (Å²) in [5, 5.41) is 7.13. The van der Waals surface area contributed by atoms with Gasteiger partial charge in [0.25, 0.3) is 0 Å². The highest BCUT2D eigenvalue weighted by Crippen LogP contribution is 2.45. The normalized spacial score (nSPS) is 11.5. The van der Waals surface area contributed by atoms with Gasteiger partial charge in [0.1, 0.15) is 11.2 Å². The van der Waals surface area contributed by atoms with Crippen molar-refractivity contribution in [1.29, 1.82) is 0 Å². The lowest BCUT2D eigenvalue weighted by Crippen LogP contribution is -2.11. The Morgan fingerprint density at radius 1 is 0.370 bits per heavy atom. The Labute approximate surface area is 267 Å². The maximum Gasteiger partial charge on any atom is 0.143 e. The molecule has 0 amide bonds. The molecule has 0 bridgehead atoms. The zero-order chi connectivity index (χ0) is 30.5. The van der Waals surface area contributed by atoms with Crippen molar-refractivity contribution >= 4 is 60.5 Å². The molecule has 46 heavy (non-hydrogen) atoms. The first-order chi connectivity index (χ1) is 22.8. The fourth-order valence-electron chi connectivity index (χ4n) is 6.89. The molecular weight excluding hydrogens is 558 g/mol. The molecule has 0 N–H and O–H groups in total. The van der Waals surface area contributed by atoms with E-state index < -0.39 is 0 Å². The Kier molecular flexibility index (Phi) is 6.17. The fraction of sp³-hybridized carbons (Fsp3) is 0. The molecule has 0 spiro atoms. The predicted octanol–water partition coefficient (Wildman–Crippen LogP) is 12.7. The predicted molar refractivity (Wildman–Crippen MR) is 194 cm³/mol. The molecule has 216 valence electrons. The number of rotatable bonds is 5. The summed E-state index contributed by atoms with van der Waals surface area (Å²) in [6, 6.07) is 62.7. The van der Waals surface area contributed by atoms with Gasteiger partial charge in [0.2, 0.25) is 0 Å². The van der Waals surface area contributed by atoms with Gasteiger partial charge in [-0.15, -0.1) is 0 Å². The molecule has 9 aromatic rings. The van der Waals surface area contributed by atoms with Gasteiger partial charge in [-0.05, 0) is 75.1 Å². The highest BCUT2D eigenvalue weighted by Gasteiger charge is 2.21. The molecule has 1 heterocycles. The van der Waals surface area contributed by atoms with Crippen LogP contribution < -0.4 is 4.90 Å². The van der Waals surface area contributed by atoms with Crippen molar-refractivity contribution in [2.45, 2.75) is 0 Å². The molecule has 0 atom stereocenters. The van der Waals surface area contributed by atoms with Crippen molar-refractivity contribution in [3.05, 3.63) is 176 Å². The molecule has 1 aromatic heterocycles. The van der Waals surface area contributed by atoms with Crippen molar-refractivity contribution in [2.24, 2.45) is 0 Å². The second-order valence-electron chi connectivity index (χ2n) is 11.7. The van der Waals surface area contributed by atoms with E-state index in [1.807, 2.05) is 0 Å². The number of furan rings is 1. The van der Waals surface area contributed by atoms with Crippen molar-refractivity contribution in [2.75, 3.05) is 4.90 Å². The molecule has 0 saturated heterocycles. The first-order valence-corrected chi connectivity index (χ1v) is 15.7. The first kappa shape index (κ1) is 26.3. The number of hydrogen-bond acceptors (Lipinski definition) is 2. The van der Waals surface area contributed by atoms with Crippen LogP contribution in [0.15, 0.2) is 180 Å². The van der Waals surface area contributed by atoms with Crippen molar-refractivity contribution in [3.8, 4) is 22.3 Å². The van der Waals surface area contributed by atoms with Crippen LogP contribution in [0.5, 0.6) is 0 Å². The van der Waals surface area contributed by atoms with Gasteiger partial charge in [-0.1, -0.05) is 133 Å². The minimum absolute atomic E-state index is 0.901. The first-order valence-electron chi connectivity index (χ1n) is 15.7. The second kappa shape index (κ2) is 10.8. The molecule has 0 fully saturated rings. The summed E-state index contributed by atoms with van der Waals surface area (Å²) < 4.78 is 6.69. The van der Waals surface area contributed by atoms with E-state index in [-0.39, 0.29) is 0 Å². The molecule has 0 unspecified atom stereocenters. The molecule has 9 rings (SSSR count). The maximum absolute atomic E-state index is 6.69.